The number of methoxy groups -OCH3 is 2. The van der Waals surface area contributed by atoms with E-state index in [1.165, 1.54) is 14.2 Å². The lowest BCUT2D eigenvalue weighted by atomic mass is 10.2. The van der Waals surface area contributed by atoms with Gasteiger partial charge in [0.05, 0.1) is 19.8 Å². The minimum Gasteiger partial charge on any atom is -0.503 e. The van der Waals surface area contributed by atoms with Crippen LogP contribution in [-0.2, 0) is 0 Å². The molecular weight excluding hydrogens is 196 g/mol. The second kappa shape index (κ2) is 4.08. The topological polar surface area (TPSA) is 51.6 Å². The molecule has 4 nitrogen and oxygen atoms in total. The second-order valence-corrected chi connectivity index (χ2v) is 2.41. The number of hydrogen-bond donors (Lipinski definition) is 1. The molecule has 1 aromatic rings. The quantitative estimate of drug-likeness (QED) is 0.816. The van der Waals surface area contributed by atoms with E-state index in [0.717, 1.165) is 6.07 Å². The van der Waals surface area contributed by atoms with Crippen molar-refractivity contribution in [2.45, 2.75) is 6.43 Å². The third kappa shape index (κ3) is 1.84. The summed E-state index contributed by atoms with van der Waals surface area (Å²) in [6, 6.07) is 0.961. The first-order chi connectivity index (χ1) is 6.60. The molecule has 0 aromatic carbocycles. The van der Waals surface area contributed by atoms with Gasteiger partial charge in [-0.25, -0.2) is 8.78 Å². The number of aromatic nitrogens is 1. The van der Waals surface area contributed by atoms with Crippen molar-refractivity contribution in [2.24, 2.45) is 0 Å². The molecule has 6 heteroatoms. The smallest absolute Gasteiger partial charge is 0.267 e. The van der Waals surface area contributed by atoms with E-state index in [0.29, 0.717) is 0 Å². The van der Waals surface area contributed by atoms with E-state index < -0.39 is 17.7 Å². The summed E-state index contributed by atoms with van der Waals surface area (Å²) in [5.41, 5.74) is -0.561. The molecule has 0 saturated heterocycles. The molecule has 0 spiro atoms. The first-order valence-electron chi connectivity index (χ1n) is 3.70. The Balaban J connectivity index is 3.27. The number of aromatic hydroxyl groups is 1. The van der Waals surface area contributed by atoms with E-state index in [2.05, 4.69) is 14.5 Å². The van der Waals surface area contributed by atoms with Crippen molar-refractivity contribution in [1.82, 2.24) is 4.98 Å². The van der Waals surface area contributed by atoms with Crippen LogP contribution in [0.25, 0.3) is 0 Å². The SMILES string of the molecule is COc1cc(C(F)F)c(O)c(OC)n1. The van der Waals surface area contributed by atoms with Gasteiger partial charge in [0, 0.05) is 6.07 Å². The lowest BCUT2D eigenvalue weighted by molar-refractivity contribution is 0.145. The maximum atomic E-state index is 12.4. The molecule has 1 rings (SSSR count). The Morgan fingerprint density at radius 3 is 2.43 bits per heavy atom. The van der Waals surface area contributed by atoms with Gasteiger partial charge in [-0.1, -0.05) is 0 Å². The molecule has 0 saturated carbocycles. The minimum atomic E-state index is -2.80. The van der Waals surface area contributed by atoms with E-state index in [9.17, 15) is 13.9 Å². The fourth-order valence-electron chi connectivity index (χ4n) is 0.923. The van der Waals surface area contributed by atoms with Gasteiger partial charge in [-0.3, -0.25) is 0 Å². The predicted octanol–water partition coefficient (Wildman–Crippen LogP) is 1.74. The highest BCUT2D eigenvalue weighted by atomic mass is 19.3. The average molecular weight is 205 g/mol. The van der Waals surface area contributed by atoms with Gasteiger partial charge >= 0.3 is 0 Å². The lowest BCUT2D eigenvalue weighted by Gasteiger charge is -2.09. The molecule has 14 heavy (non-hydrogen) atoms. The van der Waals surface area contributed by atoms with Crippen LogP contribution in [0.2, 0.25) is 0 Å². The van der Waals surface area contributed by atoms with Gasteiger partial charge in [0.2, 0.25) is 5.88 Å². The van der Waals surface area contributed by atoms with Crippen LogP contribution in [0.4, 0.5) is 8.78 Å². The Labute approximate surface area is 79.1 Å². The van der Waals surface area contributed by atoms with Gasteiger partial charge < -0.3 is 14.6 Å². The van der Waals surface area contributed by atoms with Crippen molar-refractivity contribution < 1.29 is 23.4 Å². The van der Waals surface area contributed by atoms with Gasteiger partial charge in [0.1, 0.15) is 0 Å². The molecule has 0 amide bonds. The molecule has 78 valence electrons. The normalized spacial score (nSPS) is 10.4. The Kier molecular flexibility index (Phi) is 3.06. The van der Waals surface area contributed by atoms with Crippen molar-refractivity contribution in [1.29, 1.82) is 0 Å². The molecule has 1 N–H and O–H groups in total. The molecule has 0 unspecified atom stereocenters. The van der Waals surface area contributed by atoms with Crippen LogP contribution >= 0.6 is 0 Å². The molecule has 0 fully saturated rings. The molecule has 0 aliphatic heterocycles. The van der Waals surface area contributed by atoms with Gasteiger partial charge in [-0.2, -0.15) is 4.98 Å². The van der Waals surface area contributed by atoms with Crippen LogP contribution in [0.5, 0.6) is 17.5 Å². The summed E-state index contributed by atoms with van der Waals surface area (Å²) in [6.07, 6.45) is -2.80. The molecular formula is C8H9F2NO3. The largest absolute Gasteiger partial charge is 0.503 e. The van der Waals surface area contributed by atoms with Gasteiger partial charge in [-0.05, 0) is 0 Å². The van der Waals surface area contributed by atoms with Crippen molar-refractivity contribution in [3.8, 4) is 17.5 Å². The van der Waals surface area contributed by atoms with Gasteiger partial charge in [0.25, 0.3) is 12.3 Å². The lowest BCUT2D eigenvalue weighted by Crippen LogP contribution is -1.96. The van der Waals surface area contributed by atoms with Crippen LogP contribution in [0, 0.1) is 0 Å². The summed E-state index contributed by atoms with van der Waals surface area (Å²) in [5, 5.41) is 9.26. The summed E-state index contributed by atoms with van der Waals surface area (Å²) >= 11 is 0. The second-order valence-electron chi connectivity index (χ2n) is 2.41. The van der Waals surface area contributed by atoms with E-state index in [-0.39, 0.29) is 11.8 Å². The number of rotatable bonds is 3. The van der Waals surface area contributed by atoms with Crippen LogP contribution < -0.4 is 9.47 Å². The molecule has 0 aliphatic carbocycles. The molecule has 1 heterocycles. The molecule has 0 radical (unpaired) electrons. The first-order valence-corrected chi connectivity index (χ1v) is 3.70. The zero-order valence-corrected chi connectivity index (χ0v) is 7.62. The van der Waals surface area contributed by atoms with E-state index in [4.69, 9.17) is 0 Å². The number of pyridine rings is 1. The monoisotopic (exact) mass is 205 g/mol. The van der Waals surface area contributed by atoms with Crippen molar-refractivity contribution in [3.63, 3.8) is 0 Å². The molecule has 0 atom stereocenters. The Morgan fingerprint density at radius 1 is 1.36 bits per heavy atom. The Bertz CT molecular complexity index is 331. The fraction of sp³-hybridized carbons (Fsp3) is 0.375. The Morgan fingerprint density at radius 2 is 2.00 bits per heavy atom. The van der Waals surface area contributed by atoms with E-state index in [1.54, 1.807) is 0 Å². The highest BCUT2D eigenvalue weighted by molar-refractivity contribution is 5.44. The zero-order valence-electron chi connectivity index (χ0n) is 7.62. The third-order valence-electron chi connectivity index (χ3n) is 1.60. The number of alkyl halides is 2. The van der Waals surface area contributed by atoms with Crippen molar-refractivity contribution in [3.05, 3.63) is 11.6 Å². The fourth-order valence-corrected chi connectivity index (χ4v) is 0.923. The minimum absolute atomic E-state index is 0.0325. The molecule has 0 aliphatic rings. The Hall–Kier alpha value is -1.59. The summed E-state index contributed by atoms with van der Waals surface area (Å²) in [5.74, 6) is -0.974. The van der Waals surface area contributed by atoms with Crippen LogP contribution in [-0.4, -0.2) is 24.3 Å². The molecule has 0 bridgehead atoms. The van der Waals surface area contributed by atoms with Crippen molar-refractivity contribution >= 4 is 0 Å². The summed E-state index contributed by atoms with van der Waals surface area (Å²) in [4.78, 5) is 3.62. The number of halogens is 2. The first kappa shape index (κ1) is 10.5. The summed E-state index contributed by atoms with van der Waals surface area (Å²) in [6.45, 7) is 0. The van der Waals surface area contributed by atoms with Crippen molar-refractivity contribution in [2.75, 3.05) is 14.2 Å². The average Bonchev–Trinajstić information content (AvgIpc) is 2.17. The number of hydrogen-bond acceptors (Lipinski definition) is 4. The molecule has 1 aromatic heterocycles. The maximum Gasteiger partial charge on any atom is 0.267 e. The van der Waals surface area contributed by atoms with Crippen LogP contribution in [0.1, 0.15) is 12.0 Å². The predicted molar refractivity (Wildman–Crippen MR) is 44.0 cm³/mol. The maximum absolute atomic E-state index is 12.4. The number of nitrogens with zero attached hydrogens (tertiary/aromatic N) is 1. The van der Waals surface area contributed by atoms with Gasteiger partial charge in [-0.15, -0.1) is 0 Å². The highest BCUT2D eigenvalue weighted by Gasteiger charge is 2.19. The summed E-state index contributed by atoms with van der Waals surface area (Å²) < 4.78 is 34.0. The summed E-state index contributed by atoms with van der Waals surface area (Å²) in [7, 11) is 2.50. The van der Waals surface area contributed by atoms with E-state index in [1.807, 2.05) is 0 Å². The number of ether oxygens (including phenoxy) is 2. The zero-order chi connectivity index (χ0) is 10.7. The highest BCUT2D eigenvalue weighted by Crippen LogP contribution is 2.36. The third-order valence-corrected chi connectivity index (χ3v) is 1.60. The van der Waals surface area contributed by atoms with Crippen LogP contribution in [0.15, 0.2) is 6.07 Å². The van der Waals surface area contributed by atoms with Crippen LogP contribution in [0.3, 0.4) is 0 Å². The van der Waals surface area contributed by atoms with Gasteiger partial charge in [0.15, 0.2) is 5.75 Å². The van der Waals surface area contributed by atoms with E-state index >= 15 is 0 Å². The standard InChI is InChI=1S/C8H9F2NO3/c1-13-5-3-4(7(9)10)6(12)8(11-5)14-2/h3,7,12H,1-2H3.